The molecule has 2 saturated heterocycles. The number of fused-ring (bicyclic) bond motifs is 9. The number of aliphatic hydroxyl groups is 1. The van der Waals surface area contributed by atoms with Crippen molar-refractivity contribution in [3.63, 3.8) is 0 Å². The van der Waals surface area contributed by atoms with Crippen molar-refractivity contribution in [2.75, 3.05) is 47.0 Å². The fraction of sp³-hybridized carbons (Fsp3) is 0.486. The molecular formula is C37H41AcN3O10S. The van der Waals surface area contributed by atoms with Crippen LogP contribution in [0.2, 0.25) is 0 Å². The van der Waals surface area contributed by atoms with Gasteiger partial charge in [0, 0.05) is 84.7 Å². The summed E-state index contributed by atoms with van der Waals surface area (Å²) in [6.07, 6.45) is 0.0426. The summed E-state index contributed by atoms with van der Waals surface area (Å²) in [4.78, 5) is 18.7. The van der Waals surface area contributed by atoms with Crippen LogP contribution in [-0.4, -0.2) is 101 Å². The number of nitrogens with one attached hydrogen (secondary N) is 1. The zero-order chi connectivity index (χ0) is 35.7. The molecule has 4 bridgehead atoms. The average Bonchev–Trinajstić information content (AvgIpc) is 3.60. The maximum atomic E-state index is 14.6. The van der Waals surface area contributed by atoms with Crippen molar-refractivity contribution in [3.8, 4) is 40.2 Å². The Morgan fingerprint density at radius 1 is 0.981 bits per heavy atom. The summed E-state index contributed by atoms with van der Waals surface area (Å²) in [7, 11) is 4.97. The third-order valence-electron chi connectivity index (χ3n) is 12.0. The minimum Gasteiger partial charge on any atom is -0.507 e. The number of methoxy groups -OCH3 is 2. The predicted molar refractivity (Wildman–Crippen MR) is 185 cm³/mol. The van der Waals surface area contributed by atoms with E-state index in [0.717, 1.165) is 16.7 Å². The Morgan fingerprint density at radius 3 is 2.50 bits per heavy atom. The zero-order valence-electron chi connectivity index (χ0n) is 29.6. The average molecular weight is 947 g/mol. The van der Waals surface area contributed by atoms with Gasteiger partial charge in [-0.1, -0.05) is 6.07 Å². The molecule has 5 unspecified atom stereocenters. The van der Waals surface area contributed by atoms with Crippen LogP contribution in [0.15, 0.2) is 18.2 Å². The van der Waals surface area contributed by atoms with Gasteiger partial charge in [-0.05, 0) is 68.1 Å². The summed E-state index contributed by atoms with van der Waals surface area (Å²) in [5.74, 6) is 1.32. The quantitative estimate of drug-likeness (QED) is 0.238. The van der Waals surface area contributed by atoms with E-state index in [-0.39, 0.29) is 92.3 Å². The van der Waals surface area contributed by atoms with Crippen molar-refractivity contribution in [2.24, 2.45) is 0 Å². The Labute approximate surface area is 341 Å². The van der Waals surface area contributed by atoms with E-state index in [2.05, 4.69) is 10.2 Å². The topological polar surface area (TPSA) is 163 Å². The molecule has 7 heterocycles. The molecule has 0 amide bonds. The number of rotatable bonds is 2. The van der Waals surface area contributed by atoms with Gasteiger partial charge in [-0.3, -0.25) is 15.1 Å². The second-order valence-corrected chi connectivity index (χ2v) is 15.5. The van der Waals surface area contributed by atoms with E-state index < -0.39 is 41.1 Å². The molecule has 7 aliphatic heterocycles. The molecule has 1 radical (unpaired) electrons. The Balaban J connectivity index is 0.00000387. The van der Waals surface area contributed by atoms with Gasteiger partial charge in [-0.2, -0.15) is 0 Å². The van der Waals surface area contributed by atoms with Gasteiger partial charge in [0.1, 0.15) is 18.6 Å². The number of likely N-dealkylation sites (N-methyl/N-ethyl adjacent to an activating group) is 1. The van der Waals surface area contributed by atoms with Gasteiger partial charge < -0.3 is 44.1 Å². The molecule has 3 aromatic carbocycles. The third-order valence-corrected chi connectivity index (χ3v) is 13.5. The summed E-state index contributed by atoms with van der Waals surface area (Å²) >= 11 is 1.47. The van der Waals surface area contributed by atoms with E-state index in [0.29, 0.717) is 64.5 Å². The molecule has 15 heteroatoms. The van der Waals surface area contributed by atoms with Crippen molar-refractivity contribution in [1.82, 2.24) is 15.1 Å². The van der Waals surface area contributed by atoms with E-state index in [4.69, 9.17) is 23.7 Å². The molecule has 52 heavy (non-hydrogen) atoms. The predicted octanol–water partition coefficient (Wildman–Crippen LogP) is 3.19. The maximum Gasteiger partial charge on any atom is 0.331 e. The zero-order valence-corrected chi connectivity index (χ0v) is 35.1. The molecule has 1 spiro atoms. The van der Waals surface area contributed by atoms with E-state index in [9.17, 15) is 25.2 Å². The fourth-order valence-corrected chi connectivity index (χ4v) is 11.4. The van der Waals surface area contributed by atoms with Gasteiger partial charge in [0.15, 0.2) is 40.0 Å². The van der Waals surface area contributed by atoms with Crippen LogP contribution in [0.5, 0.6) is 40.2 Å². The molecule has 10 rings (SSSR count). The molecule has 13 nitrogen and oxygen atoms in total. The fourth-order valence-electron chi connectivity index (χ4n) is 9.74. The molecule has 5 N–H and O–H groups in total. The van der Waals surface area contributed by atoms with Crippen LogP contribution < -0.4 is 24.3 Å². The van der Waals surface area contributed by atoms with E-state index >= 15 is 0 Å². The molecule has 0 aromatic heterocycles. The van der Waals surface area contributed by atoms with Crippen molar-refractivity contribution in [2.45, 2.75) is 67.9 Å². The number of phenols is 3. The van der Waals surface area contributed by atoms with Gasteiger partial charge in [-0.15, -0.1) is 11.8 Å². The molecule has 7 atom stereocenters. The van der Waals surface area contributed by atoms with Gasteiger partial charge in [0.2, 0.25) is 6.79 Å². The smallest absolute Gasteiger partial charge is 0.331 e. The van der Waals surface area contributed by atoms with Crippen molar-refractivity contribution in [3.05, 3.63) is 62.7 Å². The Bertz CT molecular complexity index is 2020. The maximum absolute atomic E-state index is 14.6. The van der Waals surface area contributed by atoms with Gasteiger partial charge >= 0.3 is 5.97 Å². The van der Waals surface area contributed by atoms with E-state index in [1.165, 1.54) is 18.9 Å². The third kappa shape index (κ3) is 4.82. The van der Waals surface area contributed by atoms with Crippen LogP contribution in [0.3, 0.4) is 0 Å². The molecule has 3 aromatic rings. The normalized spacial score (nSPS) is 30.0. The molecule has 273 valence electrons. The number of carbonyl (C=O) groups excluding carboxylic acids is 1. The summed E-state index contributed by atoms with van der Waals surface area (Å²) in [5.41, 5.74) is 4.38. The number of hydrogen-bond donors (Lipinski definition) is 5. The first-order valence-electron chi connectivity index (χ1n) is 17.2. The van der Waals surface area contributed by atoms with Crippen LogP contribution in [0.4, 0.5) is 0 Å². The largest absolute Gasteiger partial charge is 0.507 e. The van der Waals surface area contributed by atoms with Crippen LogP contribution >= 0.6 is 11.8 Å². The number of benzene rings is 3. The number of aliphatic hydroxyl groups excluding tert-OH is 1. The van der Waals surface area contributed by atoms with Crippen molar-refractivity contribution < 1.29 is 93.0 Å². The SMILES string of the molecule is COc1cc2c(cc1O)CCN[C@]21CSC2c3c(O)c(C)c4c(c3C(COC1=O)N1C2C2c3c(cc(C)c(OC)c3O)C[C@@H](C1O)N2C)OCO4.[Ac]. The van der Waals surface area contributed by atoms with Crippen LogP contribution in [0.25, 0.3) is 0 Å². The first-order valence-corrected chi connectivity index (χ1v) is 18.2. The molecule has 7 aliphatic rings. The van der Waals surface area contributed by atoms with Crippen LogP contribution in [-0.2, 0) is 27.9 Å². The number of carbonyl (C=O) groups is 1. The Kier molecular flexibility index (Phi) is 9.08. The van der Waals surface area contributed by atoms with Crippen LogP contribution in [0.1, 0.15) is 61.8 Å². The number of aromatic hydroxyl groups is 3. The van der Waals surface area contributed by atoms with Crippen LogP contribution in [0, 0.1) is 57.9 Å². The van der Waals surface area contributed by atoms with Gasteiger partial charge in [0.25, 0.3) is 0 Å². The number of esters is 1. The second-order valence-electron chi connectivity index (χ2n) is 14.4. The number of piperazine rings is 1. The summed E-state index contributed by atoms with van der Waals surface area (Å²) < 4.78 is 29.5. The number of nitrogens with zero attached hydrogens (tertiary/aromatic N) is 2. The standard InChI is InChI=1S/C37H41N3O10S.Ac/c1-15-8-18-9-20-35(44)40-21-12-48-36(45)37(19-11-23(46-4)22(41)10-17(19)6-7-38-37)13-51-34(26-25(21)33-32(49-14-50-33)16(2)29(26)42)28(40)27(39(20)3)24(18)30(43)31(15)47-5;/h8,10-11,20-21,27-28,34-35,38,41-44H,6-7,9,12-14H2,1-5H3;/t20-,21?,27?,28?,34?,35?,37+;/m0./s1. The second kappa shape index (κ2) is 13.0. The van der Waals surface area contributed by atoms with Gasteiger partial charge in [-0.25, -0.2) is 4.79 Å². The number of ether oxygens (including phenoxy) is 5. The summed E-state index contributed by atoms with van der Waals surface area (Å²) in [5, 5.41) is 50.1. The monoisotopic (exact) mass is 946 g/mol. The summed E-state index contributed by atoms with van der Waals surface area (Å²) in [6.45, 7) is 3.96. The first-order chi connectivity index (χ1) is 24.5. The minimum absolute atomic E-state index is 0. The minimum atomic E-state index is -1.32. The number of thioether (sulfide) groups is 1. The summed E-state index contributed by atoms with van der Waals surface area (Å²) in [6, 6.07) is 3.30. The Morgan fingerprint density at radius 2 is 1.75 bits per heavy atom. The molecule has 2 fully saturated rings. The number of hydrogen-bond acceptors (Lipinski definition) is 14. The van der Waals surface area contributed by atoms with Crippen molar-refractivity contribution in [1.29, 1.82) is 0 Å². The molecule has 0 aliphatic carbocycles. The first kappa shape index (κ1) is 36.3. The van der Waals surface area contributed by atoms with Gasteiger partial charge in [0.05, 0.1) is 37.6 Å². The Hall–Kier alpha value is -2.64. The van der Waals surface area contributed by atoms with Crippen molar-refractivity contribution >= 4 is 17.7 Å². The van der Waals surface area contributed by atoms with E-state index in [1.807, 2.05) is 24.9 Å². The molecular weight excluding hydrogens is 905 g/mol. The number of phenolic OH excluding ortho intramolecular Hbond substituents is 3. The number of aryl methyl sites for hydroxylation is 1. The van der Waals surface area contributed by atoms with E-state index in [1.54, 1.807) is 26.2 Å². The molecule has 0 saturated carbocycles.